The van der Waals surface area contributed by atoms with Gasteiger partial charge in [0.25, 0.3) is 0 Å². The lowest BCUT2D eigenvalue weighted by atomic mass is 9.76. The number of hydrogen-bond acceptors (Lipinski definition) is 5. The number of aliphatic hydroxyl groups is 1. The molecule has 0 amide bonds. The van der Waals surface area contributed by atoms with Crippen molar-refractivity contribution in [2.75, 3.05) is 0 Å². The van der Waals surface area contributed by atoms with Crippen molar-refractivity contribution in [1.29, 1.82) is 0 Å². The van der Waals surface area contributed by atoms with Gasteiger partial charge in [-0.15, -0.1) is 11.3 Å². The molecule has 2 heterocycles. The van der Waals surface area contributed by atoms with E-state index in [2.05, 4.69) is 9.71 Å². The maximum absolute atomic E-state index is 12.8. The smallest absolute Gasteiger partial charge is 0.242 e. The van der Waals surface area contributed by atoms with E-state index in [0.29, 0.717) is 23.4 Å². The number of aliphatic hydroxyl groups excluding tert-OH is 1. The van der Waals surface area contributed by atoms with Gasteiger partial charge >= 0.3 is 0 Å². The molecule has 2 aromatic rings. The Kier molecular flexibility index (Phi) is 4.55. The van der Waals surface area contributed by atoms with E-state index in [1.165, 1.54) is 11.3 Å². The molecule has 5 nitrogen and oxygen atoms in total. The summed E-state index contributed by atoms with van der Waals surface area (Å²) in [6.07, 6.45) is 2.49. The first-order chi connectivity index (χ1) is 10.9. The van der Waals surface area contributed by atoms with Crippen LogP contribution < -0.4 is 4.72 Å². The highest BCUT2D eigenvalue weighted by Gasteiger charge is 2.38. The van der Waals surface area contributed by atoms with E-state index in [4.69, 9.17) is 0 Å². The summed E-state index contributed by atoms with van der Waals surface area (Å²) in [4.78, 5) is 6.39. The second-order valence-corrected chi connectivity index (χ2v) is 9.16. The van der Waals surface area contributed by atoms with E-state index in [9.17, 15) is 13.5 Å². The van der Waals surface area contributed by atoms with Crippen LogP contribution in [0.3, 0.4) is 0 Å². The molecule has 7 heteroatoms. The Morgan fingerprint density at radius 2 is 2.09 bits per heavy atom. The summed E-state index contributed by atoms with van der Waals surface area (Å²) in [6, 6.07) is 6.76. The number of aromatic nitrogens is 1. The van der Waals surface area contributed by atoms with Gasteiger partial charge < -0.3 is 5.11 Å². The Hall–Kier alpha value is -1.28. The first-order valence-corrected chi connectivity index (χ1v) is 9.85. The summed E-state index contributed by atoms with van der Waals surface area (Å²) >= 11 is 1.47. The van der Waals surface area contributed by atoms with E-state index in [0.717, 1.165) is 9.75 Å². The Morgan fingerprint density at radius 3 is 2.61 bits per heavy atom. The van der Waals surface area contributed by atoms with Gasteiger partial charge in [0, 0.05) is 16.0 Å². The van der Waals surface area contributed by atoms with E-state index >= 15 is 0 Å². The van der Waals surface area contributed by atoms with Crippen molar-refractivity contribution in [3.63, 3.8) is 0 Å². The molecule has 1 aliphatic carbocycles. The maximum Gasteiger partial charge on any atom is 0.242 e. The molecule has 0 aromatic carbocycles. The normalized spacial score (nSPS) is 22.6. The summed E-state index contributed by atoms with van der Waals surface area (Å²) in [5, 5.41) is 9.58. The number of hydrogen-bond donors (Lipinski definition) is 2. The van der Waals surface area contributed by atoms with E-state index in [1.807, 2.05) is 26.0 Å². The molecule has 0 spiro atoms. The maximum atomic E-state index is 12.8. The first kappa shape index (κ1) is 16.6. The largest absolute Gasteiger partial charge is 0.393 e. The molecule has 1 saturated carbocycles. The molecule has 1 atom stereocenters. The fraction of sp³-hybridized carbons (Fsp3) is 0.438. The van der Waals surface area contributed by atoms with Crippen LogP contribution in [0.4, 0.5) is 0 Å². The summed E-state index contributed by atoms with van der Waals surface area (Å²) < 4.78 is 28.4. The molecule has 0 saturated heterocycles. The molecule has 0 radical (unpaired) electrons. The zero-order valence-corrected chi connectivity index (χ0v) is 14.7. The molecule has 2 N–H and O–H groups in total. The number of aryl methyl sites for hydroxylation is 2. The van der Waals surface area contributed by atoms with Crippen LogP contribution in [0.25, 0.3) is 0 Å². The fourth-order valence-electron chi connectivity index (χ4n) is 2.97. The van der Waals surface area contributed by atoms with Gasteiger partial charge in [0.1, 0.15) is 0 Å². The van der Waals surface area contributed by atoms with Gasteiger partial charge in [0.15, 0.2) is 0 Å². The molecular formula is C16H20N2O3S2. The number of sulfonamides is 1. The van der Waals surface area contributed by atoms with Crippen LogP contribution in [0, 0.1) is 19.8 Å². The minimum Gasteiger partial charge on any atom is -0.393 e. The number of thiophene rings is 1. The number of nitrogens with zero attached hydrogens (tertiary/aromatic N) is 1. The van der Waals surface area contributed by atoms with Crippen molar-refractivity contribution in [2.45, 2.75) is 43.7 Å². The Labute approximate surface area is 140 Å². The number of nitrogens with one attached hydrogen (secondary N) is 1. The van der Waals surface area contributed by atoms with Crippen molar-refractivity contribution < 1.29 is 13.5 Å². The average molecular weight is 352 g/mol. The molecule has 1 fully saturated rings. The van der Waals surface area contributed by atoms with Crippen molar-refractivity contribution in [3.8, 4) is 0 Å². The third-order valence-electron chi connectivity index (χ3n) is 4.19. The monoisotopic (exact) mass is 352 g/mol. The topological polar surface area (TPSA) is 79.3 Å². The zero-order chi connectivity index (χ0) is 16.6. The lowest BCUT2D eigenvalue weighted by molar-refractivity contribution is 0.0273. The fourth-order valence-corrected chi connectivity index (χ4v) is 5.80. The molecule has 23 heavy (non-hydrogen) atoms. The standard InChI is InChI=1S/C16H20N2O3S2/c1-10-7-15(11(2)22-10)23(20,21)18-16(12-8-13(19)9-12)14-5-3-4-6-17-14/h3-7,12-13,16,18-19H,8-9H2,1-2H3. The van der Waals surface area contributed by atoms with Gasteiger partial charge in [-0.05, 0) is 50.8 Å². The average Bonchev–Trinajstić information content (AvgIpc) is 2.82. The minimum atomic E-state index is -3.62. The van der Waals surface area contributed by atoms with Crippen LogP contribution in [0.5, 0.6) is 0 Å². The second-order valence-electron chi connectivity index (χ2n) is 6.02. The summed E-state index contributed by atoms with van der Waals surface area (Å²) in [5.74, 6) is 0.0645. The number of pyridine rings is 1. The van der Waals surface area contributed by atoms with Gasteiger partial charge in [0.05, 0.1) is 22.7 Å². The summed E-state index contributed by atoms with van der Waals surface area (Å²) in [5.41, 5.74) is 0.692. The van der Waals surface area contributed by atoms with E-state index in [1.54, 1.807) is 18.3 Å². The Bertz CT molecular complexity index is 781. The van der Waals surface area contributed by atoms with Crippen LogP contribution in [0.15, 0.2) is 35.4 Å². The van der Waals surface area contributed by atoms with Crippen molar-refractivity contribution >= 4 is 21.4 Å². The van der Waals surface area contributed by atoms with E-state index < -0.39 is 16.1 Å². The quantitative estimate of drug-likeness (QED) is 0.867. The third-order valence-corrected chi connectivity index (χ3v) is 6.86. The van der Waals surface area contributed by atoms with Crippen molar-refractivity contribution in [1.82, 2.24) is 9.71 Å². The van der Waals surface area contributed by atoms with Crippen molar-refractivity contribution in [3.05, 3.63) is 45.9 Å². The van der Waals surface area contributed by atoms with E-state index in [-0.39, 0.29) is 12.0 Å². The lowest BCUT2D eigenvalue weighted by Gasteiger charge is -2.37. The van der Waals surface area contributed by atoms with Crippen LogP contribution in [0.2, 0.25) is 0 Å². The lowest BCUT2D eigenvalue weighted by Crippen LogP contribution is -2.41. The predicted octanol–water partition coefficient (Wildman–Crippen LogP) is 2.55. The zero-order valence-electron chi connectivity index (χ0n) is 13.1. The van der Waals surface area contributed by atoms with Gasteiger partial charge in [-0.25, -0.2) is 13.1 Å². The molecule has 1 unspecified atom stereocenters. The summed E-state index contributed by atoms with van der Waals surface area (Å²) in [6.45, 7) is 3.71. The highest BCUT2D eigenvalue weighted by Crippen LogP contribution is 2.38. The van der Waals surface area contributed by atoms with Gasteiger partial charge in [-0.3, -0.25) is 4.98 Å². The minimum absolute atomic E-state index is 0.0645. The van der Waals surface area contributed by atoms with Crippen molar-refractivity contribution in [2.24, 2.45) is 5.92 Å². The summed E-state index contributed by atoms with van der Waals surface area (Å²) in [7, 11) is -3.62. The third kappa shape index (κ3) is 3.47. The molecule has 1 aliphatic rings. The number of rotatable bonds is 5. The van der Waals surface area contributed by atoms with Crippen LogP contribution in [-0.4, -0.2) is 24.6 Å². The van der Waals surface area contributed by atoms with Gasteiger partial charge in [-0.2, -0.15) is 0 Å². The predicted molar refractivity (Wildman–Crippen MR) is 89.8 cm³/mol. The highest BCUT2D eigenvalue weighted by molar-refractivity contribution is 7.89. The molecule has 0 bridgehead atoms. The van der Waals surface area contributed by atoms with Crippen LogP contribution >= 0.6 is 11.3 Å². The highest BCUT2D eigenvalue weighted by atomic mass is 32.2. The SMILES string of the molecule is Cc1cc(S(=O)(=O)NC(c2ccccn2)C2CC(O)C2)c(C)s1. The van der Waals surface area contributed by atoms with Gasteiger partial charge in [-0.1, -0.05) is 6.07 Å². The Morgan fingerprint density at radius 1 is 1.35 bits per heavy atom. The molecule has 0 aliphatic heterocycles. The second kappa shape index (κ2) is 6.32. The van der Waals surface area contributed by atoms with Gasteiger partial charge in [0.2, 0.25) is 10.0 Å². The molecule has 124 valence electrons. The molecule has 2 aromatic heterocycles. The molecular weight excluding hydrogens is 332 g/mol. The molecule has 3 rings (SSSR count). The first-order valence-electron chi connectivity index (χ1n) is 7.55. The Balaban J connectivity index is 1.90. The van der Waals surface area contributed by atoms with Crippen LogP contribution in [-0.2, 0) is 10.0 Å². The van der Waals surface area contributed by atoms with Crippen LogP contribution in [0.1, 0.15) is 34.3 Å².